The van der Waals surface area contributed by atoms with Gasteiger partial charge in [-0.1, -0.05) is 24.3 Å². The molecule has 2 fully saturated rings. The zero-order chi connectivity index (χ0) is 18.3. The van der Waals surface area contributed by atoms with Crippen LogP contribution in [0.25, 0.3) is 0 Å². The quantitative estimate of drug-likeness (QED) is 0.771. The third kappa shape index (κ3) is 2.90. The predicted molar refractivity (Wildman–Crippen MR) is 90.4 cm³/mol. The zero-order valence-corrected chi connectivity index (χ0v) is 14.3. The van der Waals surface area contributed by atoms with Crippen LogP contribution in [0.15, 0.2) is 24.3 Å². The van der Waals surface area contributed by atoms with Gasteiger partial charge in [0.05, 0.1) is 19.2 Å². The van der Waals surface area contributed by atoms with Gasteiger partial charge in [-0.25, -0.2) is 4.79 Å². The molecule has 0 aliphatic carbocycles. The molecule has 0 aromatic heterocycles. The number of nitrogens with zero attached hydrogens (tertiary/aromatic N) is 3. The van der Waals surface area contributed by atoms with Crippen molar-refractivity contribution >= 4 is 17.9 Å². The molecule has 0 radical (unpaired) electrons. The van der Waals surface area contributed by atoms with Gasteiger partial charge in [-0.15, -0.1) is 0 Å². The minimum atomic E-state index is -1.09. The summed E-state index contributed by atoms with van der Waals surface area (Å²) in [7, 11) is 0. The minimum Gasteiger partial charge on any atom is -0.465 e. The maximum atomic E-state index is 13.1. The van der Waals surface area contributed by atoms with Gasteiger partial charge in [0.2, 0.25) is 11.8 Å². The molecular weight excluding hydrogens is 338 g/mol. The van der Waals surface area contributed by atoms with Crippen LogP contribution in [0.5, 0.6) is 0 Å². The van der Waals surface area contributed by atoms with E-state index in [9.17, 15) is 19.5 Å². The summed E-state index contributed by atoms with van der Waals surface area (Å²) in [4.78, 5) is 41.4. The highest BCUT2D eigenvalue weighted by Crippen LogP contribution is 2.26. The van der Waals surface area contributed by atoms with E-state index in [2.05, 4.69) is 0 Å². The maximum absolute atomic E-state index is 13.1. The highest BCUT2D eigenvalue weighted by Gasteiger charge is 2.41. The Morgan fingerprint density at radius 1 is 1.15 bits per heavy atom. The molecule has 26 heavy (non-hydrogen) atoms. The van der Waals surface area contributed by atoms with Crippen molar-refractivity contribution in [2.75, 3.05) is 32.8 Å². The summed E-state index contributed by atoms with van der Waals surface area (Å²) in [6.45, 7) is 1.99. The number of amides is 3. The highest BCUT2D eigenvalue weighted by molar-refractivity contribution is 5.87. The van der Waals surface area contributed by atoms with Crippen LogP contribution in [0.3, 0.4) is 0 Å². The third-order valence-corrected chi connectivity index (χ3v) is 5.43. The second-order valence-electron chi connectivity index (χ2n) is 6.94. The Hall–Kier alpha value is -2.61. The molecule has 2 atom stereocenters. The second-order valence-corrected chi connectivity index (χ2v) is 6.94. The predicted octanol–water partition coefficient (Wildman–Crippen LogP) is 0.161. The van der Waals surface area contributed by atoms with E-state index in [-0.39, 0.29) is 31.0 Å². The van der Waals surface area contributed by atoms with E-state index in [1.54, 1.807) is 9.80 Å². The van der Waals surface area contributed by atoms with E-state index in [1.165, 1.54) is 4.90 Å². The SMILES string of the molecule is O=C([C@@H]1Cc2ccccc2CN1C(=O)O)N1CCN2C(=O)COC[C@@H]2C1. The molecule has 3 amide bonds. The summed E-state index contributed by atoms with van der Waals surface area (Å²) in [5.41, 5.74) is 1.95. The first-order valence-corrected chi connectivity index (χ1v) is 8.77. The monoisotopic (exact) mass is 359 g/mol. The van der Waals surface area contributed by atoms with Crippen molar-refractivity contribution in [3.05, 3.63) is 35.4 Å². The molecule has 0 unspecified atom stereocenters. The van der Waals surface area contributed by atoms with Crippen molar-refractivity contribution < 1.29 is 24.2 Å². The number of piperazine rings is 1. The molecule has 3 aliphatic heterocycles. The Morgan fingerprint density at radius 3 is 2.69 bits per heavy atom. The summed E-state index contributed by atoms with van der Waals surface area (Å²) >= 11 is 0. The Bertz CT molecular complexity index is 752. The fourth-order valence-corrected chi connectivity index (χ4v) is 4.05. The zero-order valence-electron chi connectivity index (χ0n) is 14.3. The van der Waals surface area contributed by atoms with E-state index in [1.807, 2.05) is 24.3 Å². The van der Waals surface area contributed by atoms with Crippen molar-refractivity contribution in [2.24, 2.45) is 0 Å². The van der Waals surface area contributed by atoms with Crippen molar-refractivity contribution in [3.63, 3.8) is 0 Å². The van der Waals surface area contributed by atoms with E-state index < -0.39 is 12.1 Å². The van der Waals surface area contributed by atoms with E-state index in [0.29, 0.717) is 32.7 Å². The third-order valence-electron chi connectivity index (χ3n) is 5.43. The molecule has 0 spiro atoms. The molecule has 0 bridgehead atoms. The number of carboxylic acid groups (broad SMARTS) is 1. The molecule has 0 saturated carbocycles. The van der Waals surface area contributed by atoms with Crippen LogP contribution in [-0.4, -0.2) is 82.6 Å². The number of hydrogen-bond acceptors (Lipinski definition) is 4. The van der Waals surface area contributed by atoms with Crippen LogP contribution in [0, 0.1) is 0 Å². The summed E-state index contributed by atoms with van der Waals surface area (Å²) in [5.74, 6) is -0.244. The molecule has 138 valence electrons. The minimum absolute atomic E-state index is 0.0490. The van der Waals surface area contributed by atoms with E-state index >= 15 is 0 Å². The Labute approximate surface area is 150 Å². The normalized spacial score (nSPS) is 25.5. The fraction of sp³-hybridized carbons (Fsp3) is 0.500. The van der Waals surface area contributed by atoms with Gasteiger partial charge >= 0.3 is 6.09 Å². The largest absolute Gasteiger partial charge is 0.465 e. The first-order valence-electron chi connectivity index (χ1n) is 8.77. The topological polar surface area (TPSA) is 90.4 Å². The molecule has 2 saturated heterocycles. The summed E-state index contributed by atoms with van der Waals surface area (Å²) in [6.07, 6.45) is -0.714. The molecule has 1 aromatic rings. The van der Waals surface area contributed by atoms with E-state index in [0.717, 1.165) is 11.1 Å². The van der Waals surface area contributed by atoms with Gasteiger partial charge in [-0.2, -0.15) is 0 Å². The highest BCUT2D eigenvalue weighted by atomic mass is 16.5. The van der Waals surface area contributed by atoms with Gasteiger partial charge in [0.25, 0.3) is 0 Å². The van der Waals surface area contributed by atoms with Crippen molar-refractivity contribution in [1.82, 2.24) is 14.7 Å². The van der Waals surface area contributed by atoms with Gasteiger partial charge in [0.15, 0.2) is 0 Å². The number of benzene rings is 1. The molecule has 4 rings (SSSR count). The van der Waals surface area contributed by atoms with Crippen LogP contribution in [0.2, 0.25) is 0 Å². The lowest BCUT2D eigenvalue weighted by atomic mass is 9.93. The van der Waals surface area contributed by atoms with Crippen LogP contribution in [0.4, 0.5) is 4.79 Å². The standard InChI is InChI=1S/C18H21N3O5/c22-16-11-26-10-14-9-19(5-6-20(14)16)17(23)15-7-12-3-1-2-4-13(12)8-21(15)18(24)25/h1-4,14-15H,5-11H2,(H,24,25)/t14-,15-/m0/s1. The summed E-state index contributed by atoms with van der Waals surface area (Å²) in [6, 6.07) is 6.74. The number of morpholine rings is 1. The van der Waals surface area contributed by atoms with Crippen molar-refractivity contribution in [2.45, 2.75) is 25.0 Å². The lowest BCUT2D eigenvalue weighted by Crippen LogP contribution is -2.63. The number of carbonyl (C=O) groups is 3. The van der Waals surface area contributed by atoms with Crippen LogP contribution in [0.1, 0.15) is 11.1 Å². The average Bonchev–Trinajstić information content (AvgIpc) is 2.66. The lowest BCUT2D eigenvalue weighted by molar-refractivity contribution is -0.158. The number of fused-ring (bicyclic) bond motifs is 2. The Morgan fingerprint density at radius 2 is 1.92 bits per heavy atom. The van der Waals surface area contributed by atoms with Crippen LogP contribution >= 0.6 is 0 Å². The first-order chi connectivity index (χ1) is 12.5. The second kappa shape index (κ2) is 6.60. The first kappa shape index (κ1) is 16.8. The van der Waals surface area contributed by atoms with E-state index in [4.69, 9.17) is 4.74 Å². The van der Waals surface area contributed by atoms with Gasteiger partial charge in [0, 0.05) is 26.1 Å². The van der Waals surface area contributed by atoms with Crippen LogP contribution < -0.4 is 0 Å². The molecule has 8 nitrogen and oxygen atoms in total. The molecular formula is C18H21N3O5. The molecule has 8 heteroatoms. The number of ether oxygens (including phenoxy) is 1. The Balaban J connectivity index is 1.53. The Kier molecular flexibility index (Phi) is 4.28. The van der Waals surface area contributed by atoms with Gasteiger partial charge in [0.1, 0.15) is 12.6 Å². The molecule has 1 N–H and O–H groups in total. The maximum Gasteiger partial charge on any atom is 0.408 e. The number of carbonyl (C=O) groups excluding carboxylic acids is 2. The lowest BCUT2D eigenvalue weighted by Gasteiger charge is -2.45. The fourth-order valence-electron chi connectivity index (χ4n) is 4.05. The smallest absolute Gasteiger partial charge is 0.408 e. The van der Waals surface area contributed by atoms with Gasteiger partial charge in [-0.05, 0) is 11.1 Å². The summed E-state index contributed by atoms with van der Waals surface area (Å²) in [5, 5.41) is 9.59. The number of rotatable bonds is 1. The van der Waals surface area contributed by atoms with Gasteiger partial charge < -0.3 is 19.6 Å². The van der Waals surface area contributed by atoms with Gasteiger partial charge in [-0.3, -0.25) is 14.5 Å². The van der Waals surface area contributed by atoms with Crippen LogP contribution in [-0.2, 0) is 27.3 Å². The van der Waals surface area contributed by atoms with Crippen molar-refractivity contribution in [3.8, 4) is 0 Å². The average molecular weight is 359 g/mol. The number of hydrogen-bond donors (Lipinski definition) is 1. The molecule has 3 aliphatic rings. The molecule has 1 aromatic carbocycles. The summed E-state index contributed by atoms with van der Waals surface area (Å²) < 4.78 is 5.30. The van der Waals surface area contributed by atoms with Crippen molar-refractivity contribution in [1.29, 1.82) is 0 Å². The molecule has 3 heterocycles.